The smallest absolute Gasteiger partial charge is 0.257 e. The van der Waals surface area contributed by atoms with Gasteiger partial charge in [-0.25, -0.2) is 4.98 Å². The van der Waals surface area contributed by atoms with Crippen LogP contribution < -0.4 is 14.8 Å². The molecule has 26 heavy (non-hydrogen) atoms. The van der Waals surface area contributed by atoms with Crippen LogP contribution in [0.1, 0.15) is 32.1 Å². The number of nitrogens with zero attached hydrogens (tertiary/aromatic N) is 1. The molecule has 0 atom stereocenters. The maximum Gasteiger partial charge on any atom is 0.257 e. The Morgan fingerprint density at radius 2 is 2.04 bits per heavy atom. The third-order valence-electron chi connectivity index (χ3n) is 4.19. The number of hydrogen-bond acceptors (Lipinski definition) is 4. The quantitative estimate of drug-likeness (QED) is 0.721. The Hall–Kier alpha value is -2.82. The van der Waals surface area contributed by atoms with Crippen LogP contribution in [0.4, 0.5) is 0 Å². The van der Waals surface area contributed by atoms with Gasteiger partial charge in [-0.3, -0.25) is 4.79 Å². The van der Waals surface area contributed by atoms with Crippen LogP contribution in [0.3, 0.4) is 0 Å². The number of aromatic nitrogens is 1. The molecule has 1 aromatic carbocycles. The van der Waals surface area contributed by atoms with Gasteiger partial charge in [-0.2, -0.15) is 0 Å². The van der Waals surface area contributed by atoms with E-state index in [4.69, 9.17) is 9.47 Å². The summed E-state index contributed by atoms with van der Waals surface area (Å²) in [6.45, 7) is 0.656. The van der Waals surface area contributed by atoms with Gasteiger partial charge in [-0.1, -0.05) is 23.8 Å². The Morgan fingerprint density at radius 3 is 2.85 bits per heavy atom. The Bertz CT molecular complexity index is 744. The normalized spacial score (nSPS) is 13.6. The summed E-state index contributed by atoms with van der Waals surface area (Å²) in [4.78, 5) is 16.1. The van der Waals surface area contributed by atoms with Crippen molar-refractivity contribution < 1.29 is 14.3 Å². The zero-order valence-electron chi connectivity index (χ0n) is 14.8. The average molecular weight is 352 g/mol. The van der Waals surface area contributed by atoms with Crippen LogP contribution in [0, 0.1) is 0 Å². The number of rotatable bonds is 8. The van der Waals surface area contributed by atoms with Gasteiger partial charge in [0.1, 0.15) is 11.5 Å². The lowest BCUT2D eigenvalue weighted by atomic mass is 9.97. The predicted octanol–water partition coefficient (Wildman–Crippen LogP) is 4.26. The van der Waals surface area contributed by atoms with Crippen LogP contribution >= 0.6 is 0 Å². The Kier molecular flexibility index (Phi) is 6.65. The molecule has 2 aromatic rings. The summed E-state index contributed by atoms with van der Waals surface area (Å²) in [5.41, 5.74) is 1.46. The molecule has 1 aliphatic carbocycles. The minimum Gasteiger partial charge on any atom is -0.484 e. The topological polar surface area (TPSA) is 60.5 Å². The largest absolute Gasteiger partial charge is 0.484 e. The van der Waals surface area contributed by atoms with Crippen molar-refractivity contribution in [3.05, 3.63) is 60.3 Å². The molecule has 0 fully saturated rings. The molecule has 1 heterocycles. The van der Waals surface area contributed by atoms with E-state index in [1.54, 1.807) is 24.4 Å². The summed E-state index contributed by atoms with van der Waals surface area (Å²) in [5.74, 6) is 1.60. The van der Waals surface area contributed by atoms with Crippen molar-refractivity contribution in [3.63, 3.8) is 0 Å². The molecule has 0 radical (unpaired) electrons. The van der Waals surface area contributed by atoms with Crippen molar-refractivity contribution in [3.8, 4) is 17.4 Å². The molecule has 3 rings (SSSR count). The summed E-state index contributed by atoms with van der Waals surface area (Å²) >= 11 is 0. The third-order valence-corrected chi connectivity index (χ3v) is 4.19. The lowest BCUT2D eigenvalue weighted by molar-refractivity contribution is -0.123. The highest BCUT2D eigenvalue weighted by molar-refractivity contribution is 5.77. The average Bonchev–Trinajstić information content (AvgIpc) is 2.68. The molecule has 1 aliphatic rings. The van der Waals surface area contributed by atoms with E-state index in [1.165, 1.54) is 24.8 Å². The Morgan fingerprint density at radius 1 is 1.12 bits per heavy atom. The Labute approximate surface area is 154 Å². The van der Waals surface area contributed by atoms with Crippen molar-refractivity contribution in [2.45, 2.75) is 32.1 Å². The molecule has 1 aromatic heterocycles. The van der Waals surface area contributed by atoms with Crippen molar-refractivity contribution in [1.29, 1.82) is 0 Å². The molecule has 0 bridgehead atoms. The molecule has 0 saturated carbocycles. The van der Waals surface area contributed by atoms with Crippen molar-refractivity contribution in [2.24, 2.45) is 0 Å². The van der Waals surface area contributed by atoms with E-state index >= 15 is 0 Å². The molecule has 0 aliphatic heterocycles. The first-order chi connectivity index (χ1) is 12.8. The molecule has 1 amide bonds. The summed E-state index contributed by atoms with van der Waals surface area (Å²) in [5, 5.41) is 2.91. The van der Waals surface area contributed by atoms with Crippen LogP contribution in [0.5, 0.6) is 17.4 Å². The van der Waals surface area contributed by atoms with Gasteiger partial charge in [0.05, 0.1) is 0 Å². The number of ether oxygens (including phenoxy) is 2. The number of pyridine rings is 1. The van der Waals surface area contributed by atoms with Crippen molar-refractivity contribution in [1.82, 2.24) is 10.3 Å². The molecule has 0 unspecified atom stereocenters. The van der Waals surface area contributed by atoms with Gasteiger partial charge in [0.15, 0.2) is 6.61 Å². The van der Waals surface area contributed by atoms with E-state index in [-0.39, 0.29) is 12.5 Å². The summed E-state index contributed by atoms with van der Waals surface area (Å²) in [6.07, 6.45) is 9.78. The Balaban J connectivity index is 1.41. The second-order valence-corrected chi connectivity index (χ2v) is 6.24. The van der Waals surface area contributed by atoms with Crippen LogP contribution in [0.15, 0.2) is 60.3 Å². The first-order valence-electron chi connectivity index (χ1n) is 9.06. The number of allylic oxidation sites excluding steroid dienone is 1. The lowest BCUT2D eigenvalue weighted by Crippen LogP contribution is -2.30. The number of amides is 1. The van der Waals surface area contributed by atoms with E-state index < -0.39 is 0 Å². The van der Waals surface area contributed by atoms with Crippen molar-refractivity contribution >= 4 is 5.91 Å². The summed E-state index contributed by atoms with van der Waals surface area (Å²) in [6, 6.07) is 12.6. The fourth-order valence-electron chi connectivity index (χ4n) is 2.85. The minimum atomic E-state index is -0.113. The first-order valence-corrected chi connectivity index (χ1v) is 9.06. The molecular weight excluding hydrogens is 328 g/mol. The molecule has 0 saturated heterocycles. The van der Waals surface area contributed by atoms with Crippen LogP contribution in [0.2, 0.25) is 0 Å². The monoisotopic (exact) mass is 352 g/mol. The number of hydrogen-bond donors (Lipinski definition) is 1. The minimum absolute atomic E-state index is 0.00785. The maximum atomic E-state index is 11.9. The van der Waals surface area contributed by atoms with Crippen LogP contribution in [-0.2, 0) is 4.79 Å². The second-order valence-electron chi connectivity index (χ2n) is 6.24. The zero-order valence-corrected chi connectivity index (χ0v) is 14.8. The predicted molar refractivity (Wildman–Crippen MR) is 100 cm³/mol. The van der Waals surface area contributed by atoms with Gasteiger partial charge >= 0.3 is 0 Å². The van der Waals surface area contributed by atoms with E-state index in [0.29, 0.717) is 23.9 Å². The fourth-order valence-corrected chi connectivity index (χ4v) is 2.85. The van der Waals surface area contributed by atoms with Gasteiger partial charge in [0.2, 0.25) is 5.88 Å². The van der Waals surface area contributed by atoms with E-state index in [0.717, 1.165) is 12.8 Å². The van der Waals surface area contributed by atoms with Gasteiger partial charge in [0, 0.05) is 24.9 Å². The second kappa shape index (κ2) is 9.61. The van der Waals surface area contributed by atoms with Gasteiger partial charge in [-0.05, 0) is 50.3 Å². The number of carbonyl (C=O) groups excluding carboxylic acids is 1. The summed E-state index contributed by atoms with van der Waals surface area (Å²) < 4.78 is 11.2. The van der Waals surface area contributed by atoms with Crippen LogP contribution in [-0.4, -0.2) is 24.0 Å². The third kappa shape index (κ3) is 5.92. The highest BCUT2D eigenvalue weighted by Crippen LogP contribution is 2.23. The number of benzene rings is 1. The zero-order chi connectivity index (χ0) is 18.0. The van der Waals surface area contributed by atoms with Gasteiger partial charge < -0.3 is 14.8 Å². The van der Waals surface area contributed by atoms with E-state index in [1.807, 2.05) is 24.3 Å². The fraction of sp³-hybridized carbons (Fsp3) is 0.333. The van der Waals surface area contributed by atoms with Gasteiger partial charge in [-0.15, -0.1) is 0 Å². The molecule has 1 N–H and O–H groups in total. The van der Waals surface area contributed by atoms with Gasteiger partial charge in [0.25, 0.3) is 5.91 Å². The highest BCUT2D eigenvalue weighted by atomic mass is 16.5. The van der Waals surface area contributed by atoms with Crippen LogP contribution in [0.25, 0.3) is 0 Å². The van der Waals surface area contributed by atoms with E-state index in [2.05, 4.69) is 16.4 Å². The SMILES string of the molecule is O=C(COc1cccc(Oc2ccccn2)c1)NCCC1=CCCCC1. The number of nitrogens with one attached hydrogen (secondary N) is 1. The highest BCUT2D eigenvalue weighted by Gasteiger charge is 2.07. The standard InChI is InChI=1S/C21H24N2O3/c24-20(22-14-12-17-7-2-1-3-8-17)16-25-18-9-6-10-19(15-18)26-21-11-4-5-13-23-21/h4-7,9-11,13,15H,1-3,8,12,14,16H2,(H,22,24). The van der Waals surface area contributed by atoms with Crippen molar-refractivity contribution in [2.75, 3.05) is 13.2 Å². The first kappa shape index (κ1) is 18.0. The molecular formula is C21H24N2O3. The molecule has 136 valence electrons. The molecule has 5 heteroatoms. The van der Waals surface area contributed by atoms with E-state index in [9.17, 15) is 4.79 Å². The summed E-state index contributed by atoms with van der Waals surface area (Å²) in [7, 11) is 0. The lowest BCUT2D eigenvalue weighted by Gasteiger charge is -2.13. The molecule has 0 spiro atoms. The maximum absolute atomic E-state index is 11.9. The molecule has 5 nitrogen and oxygen atoms in total. The number of carbonyl (C=O) groups is 1.